The molecule has 1 unspecified atom stereocenters. The Morgan fingerprint density at radius 1 is 1.44 bits per heavy atom. The minimum atomic E-state index is 0.273. The quantitative estimate of drug-likeness (QED) is 0.850. The summed E-state index contributed by atoms with van der Waals surface area (Å²) in [6.07, 6.45) is 3.15. The van der Waals surface area contributed by atoms with Crippen molar-refractivity contribution in [3.8, 4) is 11.3 Å². The van der Waals surface area contributed by atoms with Gasteiger partial charge >= 0.3 is 0 Å². The number of hydrogen-bond donors (Lipinski definition) is 1. The predicted octanol–water partition coefficient (Wildman–Crippen LogP) is 3.18. The molecule has 1 heterocycles. The summed E-state index contributed by atoms with van der Waals surface area (Å²) in [5.41, 5.74) is 2.07. The number of nitrogens with one attached hydrogen (secondary N) is 1. The van der Waals surface area contributed by atoms with Gasteiger partial charge in [0.2, 0.25) is 0 Å². The Balaban J connectivity index is 2.03. The van der Waals surface area contributed by atoms with E-state index >= 15 is 0 Å². The van der Waals surface area contributed by atoms with Gasteiger partial charge in [-0.1, -0.05) is 12.1 Å². The number of anilines is 1. The Bertz CT molecular complexity index is 468. The fraction of sp³-hybridized carbons (Fsp3) is 0.357. The number of rotatable bonds is 6. The first-order valence-electron chi connectivity index (χ1n) is 6.12. The molecule has 1 aromatic carbocycles. The number of ether oxygens (including phenoxy) is 1. The van der Waals surface area contributed by atoms with Crippen molar-refractivity contribution >= 4 is 5.69 Å². The van der Waals surface area contributed by atoms with Gasteiger partial charge in [0.25, 0.3) is 0 Å². The second-order valence-electron chi connectivity index (χ2n) is 4.15. The lowest BCUT2D eigenvalue weighted by Crippen LogP contribution is -2.21. The molecule has 4 heteroatoms. The van der Waals surface area contributed by atoms with Crippen molar-refractivity contribution in [3.63, 3.8) is 0 Å². The summed E-state index contributed by atoms with van der Waals surface area (Å²) in [5.74, 6) is 0.774. The van der Waals surface area contributed by atoms with Gasteiger partial charge in [-0.05, 0) is 26.0 Å². The van der Waals surface area contributed by atoms with Gasteiger partial charge in [0.05, 0.1) is 12.8 Å². The van der Waals surface area contributed by atoms with Crippen LogP contribution in [0.2, 0.25) is 0 Å². The lowest BCUT2D eigenvalue weighted by atomic mass is 10.1. The maximum Gasteiger partial charge on any atom is 0.181 e. The first-order valence-corrected chi connectivity index (χ1v) is 6.12. The maximum atomic E-state index is 5.38. The smallest absolute Gasteiger partial charge is 0.181 e. The number of oxazole rings is 1. The van der Waals surface area contributed by atoms with E-state index in [4.69, 9.17) is 9.15 Å². The van der Waals surface area contributed by atoms with Crippen molar-refractivity contribution in [1.29, 1.82) is 0 Å². The van der Waals surface area contributed by atoms with E-state index in [1.807, 2.05) is 31.2 Å². The topological polar surface area (TPSA) is 47.3 Å². The van der Waals surface area contributed by atoms with Crippen LogP contribution in [-0.2, 0) is 4.74 Å². The molecule has 18 heavy (non-hydrogen) atoms. The normalized spacial score (nSPS) is 12.3. The summed E-state index contributed by atoms with van der Waals surface area (Å²) in [6.45, 7) is 5.53. The standard InChI is InChI=1S/C14H18N2O2/c1-3-17-9-11(2)16-13-6-4-5-12(7-13)14-8-15-10-18-14/h4-8,10-11,16H,3,9H2,1-2H3. The minimum absolute atomic E-state index is 0.273. The molecule has 0 aliphatic rings. The van der Waals surface area contributed by atoms with Gasteiger partial charge in [0, 0.05) is 23.9 Å². The number of aromatic nitrogens is 1. The van der Waals surface area contributed by atoms with Crippen molar-refractivity contribution in [1.82, 2.24) is 4.98 Å². The van der Waals surface area contributed by atoms with E-state index < -0.39 is 0 Å². The molecule has 2 rings (SSSR count). The van der Waals surface area contributed by atoms with Crippen LogP contribution in [0.4, 0.5) is 5.69 Å². The van der Waals surface area contributed by atoms with Crippen LogP contribution in [0.5, 0.6) is 0 Å². The van der Waals surface area contributed by atoms with Gasteiger partial charge in [-0.25, -0.2) is 4.98 Å². The minimum Gasteiger partial charge on any atom is -0.444 e. The van der Waals surface area contributed by atoms with Gasteiger partial charge in [0.1, 0.15) is 0 Å². The van der Waals surface area contributed by atoms with Crippen LogP contribution in [0.25, 0.3) is 11.3 Å². The summed E-state index contributed by atoms with van der Waals surface area (Å²) in [4.78, 5) is 3.92. The Labute approximate surface area is 107 Å². The zero-order chi connectivity index (χ0) is 12.8. The monoisotopic (exact) mass is 246 g/mol. The average molecular weight is 246 g/mol. The molecule has 0 saturated carbocycles. The first kappa shape index (κ1) is 12.6. The molecule has 1 N–H and O–H groups in total. The van der Waals surface area contributed by atoms with Gasteiger partial charge < -0.3 is 14.5 Å². The summed E-state index contributed by atoms with van der Waals surface area (Å²) < 4.78 is 10.7. The van der Waals surface area contributed by atoms with Crippen LogP contribution < -0.4 is 5.32 Å². The van der Waals surface area contributed by atoms with Crippen LogP contribution in [0.1, 0.15) is 13.8 Å². The van der Waals surface area contributed by atoms with E-state index in [2.05, 4.69) is 17.2 Å². The molecular weight excluding hydrogens is 228 g/mol. The molecule has 0 saturated heterocycles. The van der Waals surface area contributed by atoms with Gasteiger partial charge in [0.15, 0.2) is 12.2 Å². The molecule has 4 nitrogen and oxygen atoms in total. The predicted molar refractivity (Wildman–Crippen MR) is 71.5 cm³/mol. The summed E-state index contributed by atoms with van der Waals surface area (Å²) in [5, 5.41) is 3.39. The van der Waals surface area contributed by atoms with E-state index in [0.717, 1.165) is 23.6 Å². The van der Waals surface area contributed by atoms with Gasteiger partial charge in [-0.15, -0.1) is 0 Å². The third-order valence-electron chi connectivity index (χ3n) is 2.56. The number of hydrogen-bond acceptors (Lipinski definition) is 4. The van der Waals surface area contributed by atoms with Crippen molar-refractivity contribution in [3.05, 3.63) is 36.9 Å². The second kappa shape index (κ2) is 6.21. The summed E-state index contributed by atoms with van der Waals surface area (Å²) in [7, 11) is 0. The fourth-order valence-electron chi connectivity index (χ4n) is 1.74. The fourth-order valence-corrected chi connectivity index (χ4v) is 1.74. The van der Waals surface area contributed by atoms with Crippen molar-refractivity contribution in [2.75, 3.05) is 18.5 Å². The van der Waals surface area contributed by atoms with Crippen LogP contribution in [-0.4, -0.2) is 24.2 Å². The third-order valence-corrected chi connectivity index (χ3v) is 2.56. The maximum absolute atomic E-state index is 5.38. The lowest BCUT2D eigenvalue weighted by molar-refractivity contribution is 0.141. The van der Waals surface area contributed by atoms with Crippen LogP contribution in [0.3, 0.4) is 0 Å². The van der Waals surface area contributed by atoms with Crippen molar-refractivity contribution in [2.24, 2.45) is 0 Å². The van der Waals surface area contributed by atoms with Crippen LogP contribution in [0.15, 0.2) is 41.3 Å². The van der Waals surface area contributed by atoms with Crippen LogP contribution in [0, 0.1) is 0 Å². The molecule has 2 aromatic rings. The molecule has 1 atom stereocenters. The number of nitrogens with zero attached hydrogens (tertiary/aromatic N) is 1. The van der Waals surface area contributed by atoms with E-state index in [-0.39, 0.29) is 6.04 Å². The molecule has 1 aromatic heterocycles. The Kier molecular flexibility index (Phi) is 4.36. The highest BCUT2D eigenvalue weighted by molar-refractivity contribution is 5.63. The highest BCUT2D eigenvalue weighted by Crippen LogP contribution is 2.22. The highest BCUT2D eigenvalue weighted by atomic mass is 16.5. The van der Waals surface area contributed by atoms with Gasteiger partial charge in [-0.3, -0.25) is 0 Å². The van der Waals surface area contributed by atoms with E-state index in [1.54, 1.807) is 6.20 Å². The van der Waals surface area contributed by atoms with Crippen LogP contribution >= 0.6 is 0 Å². The van der Waals surface area contributed by atoms with Crippen molar-refractivity contribution in [2.45, 2.75) is 19.9 Å². The van der Waals surface area contributed by atoms with E-state index in [0.29, 0.717) is 6.61 Å². The Hall–Kier alpha value is -1.81. The molecule has 0 fully saturated rings. The molecule has 0 amide bonds. The highest BCUT2D eigenvalue weighted by Gasteiger charge is 2.05. The molecule has 0 aliphatic heterocycles. The first-order chi connectivity index (χ1) is 8.79. The third kappa shape index (κ3) is 3.34. The second-order valence-corrected chi connectivity index (χ2v) is 4.15. The Morgan fingerprint density at radius 2 is 2.33 bits per heavy atom. The Morgan fingerprint density at radius 3 is 3.06 bits per heavy atom. The van der Waals surface area contributed by atoms with Gasteiger partial charge in [-0.2, -0.15) is 0 Å². The molecule has 0 spiro atoms. The molecule has 0 radical (unpaired) electrons. The lowest BCUT2D eigenvalue weighted by Gasteiger charge is -2.15. The molecule has 0 aliphatic carbocycles. The SMILES string of the molecule is CCOCC(C)Nc1cccc(-c2cnco2)c1. The summed E-state index contributed by atoms with van der Waals surface area (Å²) in [6, 6.07) is 8.34. The summed E-state index contributed by atoms with van der Waals surface area (Å²) >= 11 is 0. The zero-order valence-corrected chi connectivity index (χ0v) is 10.7. The zero-order valence-electron chi connectivity index (χ0n) is 10.7. The molecule has 96 valence electrons. The largest absolute Gasteiger partial charge is 0.444 e. The molecule has 0 bridgehead atoms. The van der Waals surface area contributed by atoms with Crippen molar-refractivity contribution < 1.29 is 9.15 Å². The molecular formula is C14H18N2O2. The number of benzene rings is 1. The average Bonchev–Trinajstić information content (AvgIpc) is 2.90. The van der Waals surface area contributed by atoms with E-state index in [1.165, 1.54) is 6.39 Å². The van der Waals surface area contributed by atoms with E-state index in [9.17, 15) is 0 Å².